The summed E-state index contributed by atoms with van der Waals surface area (Å²) in [6, 6.07) is 0. The Bertz CT molecular complexity index is 300. The Morgan fingerprint density at radius 3 is 1.29 bits per heavy atom. The first-order valence-corrected chi connectivity index (χ1v) is 5.99. The van der Waals surface area contributed by atoms with Crippen LogP contribution in [-0.2, 0) is 14.4 Å². The summed E-state index contributed by atoms with van der Waals surface area (Å²) in [6.45, 7) is 12.1. The van der Waals surface area contributed by atoms with Gasteiger partial charge in [0.1, 0.15) is 11.7 Å². The van der Waals surface area contributed by atoms with E-state index in [0.29, 0.717) is 6.29 Å². The Morgan fingerprint density at radius 2 is 1.18 bits per heavy atom. The largest absolute Gasteiger partial charge is 0.302 e. The fourth-order valence-corrected chi connectivity index (χ4v) is 1.95. The van der Waals surface area contributed by atoms with E-state index in [0.717, 1.165) is 0 Å². The van der Waals surface area contributed by atoms with Crippen LogP contribution in [0.5, 0.6) is 0 Å². The zero-order valence-corrected chi connectivity index (χ0v) is 12.0. The summed E-state index contributed by atoms with van der Waals surface area (Å²) < 4.78 is 0. The van der Waals surface area contributed by atoms with Crippen molar-refractivity contribution in [3.05, 3.63) is 0 Å². The topological polar surface area (TPSA) is 51.2 Å². The van der Waals surface area contributed by atoms with Crippen LogP contribution in [0.2, 0.25) is 0 Å². The molecule has 0 aromatic heterocycles. The van der Waals surface area contributed by atoms with Gasteiger partial charge in [-0.05, 0) is 6.42 Å². The molecular formula is C14H24O3. The third-order valence-corrected chi connectivity index (χ3v) is 2.93. The molecule has 0 fully saturated rings. The Kier molecular flexibility index (Phi) is 4.44. The average Bonchev–Trinajstić information content (AvgIpc) is 2.17. The van der Waals surface area contributed by atoms with Crippen molar-refractivity contribution in [3.63, 3.8) is 0 Å². The summed E-state index contributed by atoms with van der Waals surface area (Å²) in [5, 5.41) is 0. The van der Waals surface area contributed by atoms with Gasteiger partial charge in [-0.3, -0.25) is 9.59 Å². The van der Waals surface area contributed by atoms with Gasteiger partial charge in [0.25, 0.3) is 0 Å². The molecule has 17 heavy (non-hydrogen) atoms. The van der Waals surface area contributed by atoms with Crippen LogP contribution < -0.4 is 0 Å². The van der Waals surface area contributed by atoms with Crippen molar-refractivity contribution in [3.8, 4) is 0 Å². The molecule has 3 nitrogen and oxygen atoms in total. The first kappa shape index (κ1) is 16.0. The van der Waals surface area contributed by atoms with E-state index in [1.807, 2.05) is 0 Å². The highest BCUT2D eigenvalue weighted by atomic mass is 16.2. The maximum atomic E-state index is 12.4. The smallest absolute Gasteiger partial charge is 0.158 e. The maximum absolute atomic E-state index is 12.4. The van der Waals surface area contributed by atoms with Gasteiger partial charge in [-0.1, -0.05) is 48.5 Å². The molecule has 0 aliphatic heterocycles. The quantitative estimate of drug-likeness (QED) is 0.561. The number of carbonyl (C=O) groups excluding carboxylic acids is 3. The number of ketones is 2. The minimum Gasteiger partial charge on any atom is -0.302 e. The molecule has 0 aliphatic carbocycles. The van der Waals surface area contributed by atoms with Crippen LogP contribution in [0.1, 0.15) is 54.9 Å². The van der Waals surface area contributed by atoms with Crippen LogP contribution >= 0.6 is 0 Å². The Balaban J connectivity index is 5.72. The molecule has 0 aromatic carbocycles. The molecule has 0 rings (SSSR count). The van der Waals surface area contributed by atoms with Crippen molar-refractivity contribution >= 4 is 17.9 Å². The lowest BCUT2D eigenvalue weighted by molar-refractivity contribution is -0.153. The standard InChI is InChI=1S/C14H24O3/c1-8-14(9-15,10(16)12(2,3)4)11(17)13(5,6)7/h9H,8H2,1-7H3. The number of hydrogen-bond donors (Lipinski definition) is 0. The molecule has 3 heteroatoms. The normalized spacial score (nSPS) is 13.4. The summed E-state index contributed by atoms with van der Waals surface area (Å²) >= 11 is 0. The summed E-state index contributed by atoms with van der Waals surface area (Å²) in [4.78, 5) is 36.2. The minimum absolute atomic E-state index is 0.225. The molecule has 0 unspecified atom stereocenters. The molecule has 0 amide bonds. The summed E-state index contributed by atoms with van der Waals surface area (Å²) in [5.41, 5.74) is -2.88. The van der Waals surface area contributed by atoms with Crippen LogP contribution in [0.15, 0.2) is 0 Å². The second-order valence-electron chi connectivity index (χ2n) is 6.60. The third-order valence-electron chi connectivity index (χ3n) is 2.93. The van der Waals surface area contributed by atoms with Crippen molar-refractivity contribution < 1.29 is 14.4 Å². The first-order chi connectivity index (χ1) is 7.43. The van der Waals surface area contributed by atoms with E-state index in [2.05, 4.69) is 0 Å². The number of rotatable bonds is 4. The van der Waals surface area contributed by atoms with Gasteiger partial charge in [-0.25, -0.2) is 0 Å². The summed E-state index contributed by atoms with van der Waals surface area (Å²) in [6.07, 6.45) is 0.761. The molecule has 98 valence electrons. The van der Waals surface area contributed by atoms with Crippen LogP contribution in [-0.4, -0.2) is 17.9 Å². The molecule has 0 bridgehead atoms. The molecule has 0 aliphatic rings. The monoisotopic (exact) mass is 240 g/mol. The molecule has 0 aromatic rings. The van der Waals surface area contributed by atoms with E-state index in [-0.39, 0.29) is 18.0 Å². The second kappa shape index (κ2) is 4.71. The van der Waals surface area contributed by atoms with Crippen LogP contribution in [0.3, 0.4) is 0 Å². The lowest BCUT2D eigenvalue weighted by Crippen LogP contribution is -2.50. The predicted octanol–water partition coefficient (Wildman–Crippen LogP) is 2.81. The molecule has 0 N–H and O–H groups in total. The van der Waals surface area contributed by atoms with Gasteiger partial charge in [0.2, 0.25) is 0 Å². The highest BCUT2D eigenvalue weighted by Gasteiger charge is 2.51. The van der Waals surface area contributed by atoms with Gasteiger partial charge in [0, 0.05) is 10.8 Å². The van der Waals surface area contributed by atoms with E-state index >= 15 is 0 Å². The number of carbonyl (C=O) groups is 3. The molecule has 0 atom stereocenters. The molecule has 0 radical (unpaired) electrons. The fraction of sp³-hybridized carbons (Fsp3) is 0.786. The van der Waals surface area contributed by atoms with Crippen molar-refractivity contribution in [2.45, 2.75) is 54.9 Å². The van der Waals surface area contributed by atoms with Gasteiger partial charge in [0.15, 0.2) is 11.6 Å². The van der Waals surface area contributed by atoms with Gasteiger partial charge in [-0.2, -0.15) is 0 Å². The van der Waals surface area contributed by atoms with Crippen molar-refractivity contribution in [1.82, 2.24) is 0 Å². The van der Waals surface area contributed by atoms with Gasteiger partial charge in [-0.15, -0.1) is 0 Å². The first-order valence-electron chi connectivity index (χ1n) is 5.99. The lowest BCUT2D eigenvalue weighted by atomic mass is 9.64. The van der Waals surface area contributed by atoms with Gasteiger partial charge in [0.05, 0.1) is 0 Å². The minimum atomic E-state index is -1.49. The van der Waals surface area contributed by atoms with E-state index in [1.165, 1.54) is 0 Å². The van der Waals surface area contributed by atoms with Crippen LogP contribution in [0.4, 0.5) is 0 Å². The highest BCUT2D eigenvalue weighted by Crippen LogP contribution is 2.37. The van der Waals surface area contributed by atoms with Crippen molar-refractivity contribution in [2.24, 2.45) is 16.2 Å². The highest BCUT2D eigenvalue weighted by molar-refractivity contribution is 6.21. The fourth-order valence-electron chi connectivity index (χ4n) is 1.95. The summed E-state index contributed by atoms with van der Waals surface area (Å²) in [7, 11) is 0. The number of Topliss-reactive ketones (excluding diaryl/α,β-unsaturated/α-hetero) is 2. The van der Waals surface area contributed by atoms with E-state index in [1.54, 1.807) is 48.5 Å². The number of hydrogen-bond acceptors (Lipinski definition) is 3. The zero-order valence-electron chi connectivity index (χ0n) is 12.0. The number of aldehydes is 1. The molecular weight excluding hydrogens is 216 g/mol. The van der Waals surface area contributed by atoms with Crippen LogP contribution in [0.25, 0.3) is 0 Å². The predicted molar refractivity (Wildman–Crippen MR) is 67.7 cm³/mol. The van der Waals surface area contributed by atoms with E-state index < -0.39 is 16.2 Å². The Labute approximate surface area is 104 Å². The van der Waals surface area contributed by atoms with E-state index in [9.17, 15) is 14.4 Å². The SMILES string of the molecule is CCC(C=O)(C(=O)C(C)(C)C)C(=O)C(C)(C)C. The molecule has 0 heterocycles. The lowest BCUT2D eigenvalue weighted by Gasteiger charge is -2.35. The zero-order chi connectivity index (χ0) is 14.1. The van der Waals surface area contributed by atoms with Gasteiger partial charge < -0.3 is 4.79 Å². The van der Waals surface area contributed by atoms with E-state index in [4.69, 9.17) is 0 Å². The van der Waals surface area contributed by atoms with Crippen LogP contribution in [0, 0.1) is 16.2 Å². The molecule has 0 saturated carbocycles. The Morgan fingerprint density at radius 1 is 0.882 bits per heavy atom. The third kappa shape index (κ3) is 3.02. The molecule has 0 saturated heterocycles. The van der Waals surface area contributed by atoms with Gasteiger partial charge >= 0.3 is 0 Å². The molecule has 0 spiro atoms. The Hall–Kier alpha value is -0.990. The van der Waals surface area contributed by atoms with Crippen molar-refractivity contribution in [2.75, 3.05) is 0 Å². The second-order valence-corrected chi connectivity index (χ2v) is 6.60. The van der Waals surface area contributed by atoms with Crippen molar-refractivity contribution in [1.29, 1.82) is 0 Å². The maximum Gasteiger partial charge on any atom is 0.158 e. The average molecular weight is 240 g/mol. The summed E-state index contributed by atoms with van der Waals surface area (Å²) in [5.74, 6) is -0.579.